The van der Waals surface area contributed by atoms with Crippen molar-refractivity contribution in [3.8, 4) is 11.5 Å². The van der Waals surface area contributed by atoms with Gasteiger partial charge in [-0.3, -0.25) is 0 Å². The Bertz CT molecular complexity index is 758. The van der Waals surface area contributed by atoms with Crippen LogP contribution < -0.4 is 9.64 Å². The van der Waals surface area contributed by atoms with Gasteiger partial charge in [0.1, 0.15) is 17.3 Å². The van der Waals surface area contributed by atoms with Crippen LogP contribution in [0.15, 0.2) is 48.5 Å². The average molecular weight is 397 g/mol. The van der Waals surface area contributed by atoms with E-state index in [0.29, 0.717) is 29.6 Å². The summed E-state index contributed by atoms with van der Waals surface area (Å²) in [5.74, 6) is 0.783. The number of benzene rings is 2. The molecule has 3 nitrogen and oxygen atoms in total. The molecule has 2 aromatic rings. The molecule has 28 heavy (non-hydrogen) atoms. The molecule has 1 saturated carbocycles. The minimum Gasteiger partial charge on any atom is -0.457 e. The van der Waals surface area contributed by atoms with Crippen molar-refractivity contribution in [1.82, 2.24) is 0 Å². The van der Waals surface area contributed by atoms with Gasteiger partial charge in [-0.05, 0) is 55.2 Å². The molecule has 7 heteroatoms. The molecular formula is C21H23F4NO2. The molecule has 1 unspecified atom stereocenters. The van der Waals surface area contributed by atoms with E-state index in [9.17, 15) is 22.7 Å². The molecule has 1 N–H and O–H groups in total. The summed E-state index contributed by atoms with van der Waals surface area (Å²) in [6.45, 7) is -0.0762. The molecule has 0 saturated heterocycles. The van der Waals surface area contributed by atoms with Gasteiger partial charge in [-0.25, -0.2) is 4.39 Å². The van der Waals surface area contributed by atoms with E-state index in [1.165, 1.54) is 24.3 Å². The molecule has 0 radical (unpaired) electrons. The second-order valence-corrected chi connectivity index (χ2v) is 7.17. The third-order valence-corrected chi connectivity index (χ3v) is 4.96. The molecule has 0 aliphatic heterocycles. The van der Waals surface area contributed by atoms with E-state index < -0.39 is 18.8 Å². The van der Waals surface area contributed by atoms with Gasteiger partial charge in [0.2, 0.25) is 0 Å². The quantitative estimate of drug-likeness (QED) is 0.623. The zero-order valence-corrected chi connectivity index (χ0v) is 15.3. The van der Waals surface area contributed by atoms with Crippen molar-refractivity contribution in [2.24, 2.45) is 5.92 Å². The summed E-state index contributed by atoms with van der Waals surface area (Å²) >= 11 is 0. The minimum absolute atomic E-state index is 0.308. The van der Waals surface area contributed by atoms with Crippen molar-refractivity contribution in [1.29, 1.82) is 0 Å². The number of aliphatic hydroxyl groups is 1. The van der Waals surface area contributed by atoms with Crippen molar-refractivity contribution in [3.63, 3.8) is 0 Å². The van der Waals surface area contributed by atoms with Gasteiger partial charge in [0, 0.05) is 18.3 Å². The van der Waals surface area contributed by atoms with Crippen molar-refractivity contribution in [2.75, 3.05) is 18.0 Å². The van der Waals surface area contributed by atoms with Crippen LogP contribution in [0.5, 0.6) is 11.5 Å². The second-order valence-electron chi connectivity index (χ2n) is 7.17. The van der Waals surface area contributed by atoms with Gasteiger partial charge < -0.3 is 14.7 Å². The molecule has 0 amide bonds. The minimum atomic E-state index is -4.67. The Balaban J connectivity index is 1.78. The van der Waals surface area contributed by atoms with E-state index >= 15 is 0 Å². The number of anilines is 1. The van der Waals surface area contributed by atoms with Crippen molar-refractivity contribution < 1.29 is 27.4 Å². The monoisotopic (exact) mass is 397 g/mol. The van der Waals surface area contributed by atoms with Gasteiger partial charge in [0.15, 0.2) is 6.10 Å². The van der Waals surface area contributed by atoms with Gasteiger partial charge in [0.25, 0.3) is 0 Å². The van der Waals surface area contributed by atoms with Gasteiger partial charge in [-0.15, -0.1) is 0 Å². The predicted octanol–water partition coefficient (Wildman–Crippen LogP) is 5.54. The fourth-order valence-corrected chi connectivity index (χ4v) is 3.48. The third-order valence-electron chi connectivity index (χ3n) is 4.96. The highest BCUT2D eigenvalue weighted by Crippen LogP contribution is 2.31. The summed E-state index contributed by atoms with van der Waals surface area (Å²) in [7, 11) is 0. The van der Waals surface area contributed by atoms with Crippen molar-refractivity contribution in [3.05, 3.63) is 54.3 Å². The lowest BCUT2D eigenvalue weighted by atomic mass is 10.1. The topological polar surface area (TPSA) is 32.7 Å². The Morgan fingerprint density at radius 2 is 1.71 bits per heavy atom. The van der Waals surface area contributed by atoms with Gasteiger partial charge in [-0.1, -0.05) is 18.9 Å². The summed E-state index contributed by atoms with van der Waals surface area (Å²) < 4.78 is 57.4. The molecule has 2 aromatic carbocycles. The molecule has 1 aliphatic carbocycles. The number of halogens is 4. The van der Waals surface area contributed by atoms with Gasteiger partial charge in [-0.2, -0.15) is 13.2 Å². The highest BCUT2D eigenvalue weighted by Gasteiger charge is 2.39. The standard InChI is InChI=1S/C21H23F4NO2/c22-16-8-10-18(11-9-16)28-19-7-3-6-17(12-19)26(13-15-4-1-2-5-15)14-20(27)21(23,24)25/h3,6-12,15,20,27H,1-2,4-5,13-14H2. The van der Waals surface area contributed by atoms with Crippen LogP contribution in [0.25, 0.3) is 0 Å². The maximum Gasteiger partial charge on any atom is 0.416 e. The average Bonchev–Trinajstić information content (AvgIpc) is 3.16. The van der Waals surface area contributed by atoms with Crippen molar-refractivity contribution in [2.45, 2.75) is 38.0 Å². The van der Waals surface area contributed by atoms with Crippen molar-refractivity contribution >= 4 is 5.69 Å². The molecular weight excluding hydrogens is 374 g/mol. The SMILES string of the molecule is OC(CN(CC1CCCC1)c1cccc(Oc2ccc(F)cc2)c1)C(F)(F)F. The maximum absolute atomic E-state index is 13.0. The number of nitrogens with zero attached hydrogens (tertiary/aromatic N) is 1. The molecule has 1 aliphatic rings. The zero-order chi connectivity index (χ0) is 20.1. The Hall–Kier alpha value is -2.28. The molecule has 1 atom stereocenters. The van der Waals surface area contributed by atoms with E-state index in [2.05, 4.69) is 0 Å². The fourth-order valence-electron chi connectivity index (χ4n) is 3.48. The highest BCUT2D eigenvalue weighted by atomic mass is 19.4. The molecule has 152 valence electrons. The number of rotatable bonds is 7. The molecule has 0 bridgehead atoms. The molecule has 1 fully saturated rings. The Kier molecular flexibility index (Phi) is 6.44. The third kappa shape index (κ3) is 5.61. The van der Waals surface area contributed by atoms with Crippen LogP contribution in [0.2, 0.25) is 0 Å². The number of hydrogen-bond donors (Lipinski definition) is 1. The Morgan fingerprint density at radius 1 is 1.04 bits per heavy atom. The Morgan fingerprint density at radius 3 is 2.36 bits per heavy atom. The van der Waals surface area contributed by atoms with E-state index in [1.807, 2.05) is 0 Å². The first-order chi connectivity index (χ1) is 13.3. The lowest BCUT2D eigenvalue weighted by molar-refractivity contribution is -0.200. The van der Waals surface area contributed by atoms with Crippen LogP contribution in [-0.4, -0.2) is 30.5 Å². The first-order valence-corrected chi connectivity index (χ1v) is 9.34. The fraction of sp³-hybridized carbons (Fsp3) is 0.429. The lowest BCUT2D eigenvalue weighted by Crippen LogP contribution is -2.42. The zero-order valence-electron chi connectivity index (χ0n) is 15.3. The first kappa shape index (κ1) is 20.5. The molecule has 3 rings (SSSR count). The van der Waals surface area contributed by atoms with E-state index in [4.69, 9.17) is 4.74 Å². The number of alkyl halides is 3. The summed E-state index contributed by atoms with van der Waals surface area (Å²) in [4.78, 5) is 1.58. The molecule has 0 spiro atoms. The highest BCUT2D eigenvalue weighted by molar-refractivity contribution is 5.52. The van der Waals surface area contributed by atoms with Crippen LogP contribution in [0.3, 0.4) is 0 Å². The Labute approximate surface area is 161 Å². The van der Waals surface area contributed by atoms with E-state index in [0.717, 1.165) is 25.7 Å². The molecule has 0 aromatic heterocycles. The number of aliphatic hydroxyl groups excluding tert-OH is 1. The van der Waals surface area contributed by atoms with Crippen LogP contribution in [0.4, 0.5) is 23.2 Å². The van der Waals surface area contributed by atoms with Crippen LogP contribution in [0, 0.1) is 11.7 Å². The van der Waals surface area contributed by atoms with Crippen LogP contribution >= 0.6 is 0 Å². The normalized spacial score (nSPS) is 16.2. The summed E-state index contributed by atoms with van der Waals surface area (Å²) in [6.07, 6.45) is -2.98. The lowest BCUT2D eigenvalue weighted by Gasteiger charge is -2.30. The summed E-state index contributed by atoms with van der Waals surface area (Å²) in [5.41, 5.74) is 0.551. The van der Waals surface area contributed by atoms with Crippen LogP contribution in [0.1, 0.15) is 25.7 Å². The smallest absolute Gasteiger partial charge is 0.416 e. The number of hydrogen-bond acceptors (Lipinski definition) is 3. The number of ether oxygens (including phenoxy) is 1. The summed E-state index contributed by atoms with van der Waals surface area (Å²) in [6, 6.07) is 12.2. The largest absolute Gasteiger partial charge is 0.457 e. The molecule has 0 heterocycles. The van der Waals surface area contributed by atoms with Gasteiger partial charge >= 0.3 is 6.18 Å². The van der Waals surface area contributed by atoms with Gasteiger partial charge in [0.05, 0.1) is 6.54 Å². The van der Waals surface area contributed by atoms with E-state index in [-0.39, 0.29) is 5.82 Å². The maximum atomic E-state index is 13.0. The van der Waals surface area contributed by atoms with E-state index in [1.54, 1.807) is 29.2 Å². The summed E-state index contributed by atoms with van der Waals surface area (Å²) in [5, 5.41) is 9.59. The second kappa shape index (κ2) is 8.82. The predicted molar refractivity (Wildman–Crippen MR) is 99.1 cm³/mol. The first-order valence-electron chi connectivity index (χ1n) is 9.34. The van der Waals surface area contributed by atoms with Crippen LogP contribution in [-0.2, 0) is 0 Å².